The molecular weight excluding hydrogens is 176 g/mol. The molecule has 0 unspecified atom stereocenters. The van der Waals surface area contributed by atoms with E-state index in [0.717, 1.165) is 31.2 Å². The van der Waals surface area contributed by atoms with Gasteiger partial charge in [-0.2, -0.15) is 0 Å². The minimum atomic E-state index is 0.144. The lowest BCUT2D eigenvalue weighted by molar-refractivity contribution is 0.412. The third-order valence-electron chi connectivity index (χ3n) is 2.46. The molecule has 0 atom stereocenters. The van der Waals surface area contributed by atoms with Crippen LogP contribution in [0, 0.1) is 0 Å². The van der Waals surface area contributed by atoms with Crippen LogP contribution in [0.2, 0.25) is 0 Å². The number of hydrogen-bond donors (Lipinski definition) is 1. The Labute approximate surface area is 84.7 Å². The van der Waals surface area contributed by atoms with E-state index in [1.165, 1.54) is 6.42 Å². The third-order valence-corrected chi connectivity index (χ3v) is 2.46. The Morgan fingerprint density at radius 2 is 2.14 bits per heavy atom. The Bertz CT molecular complexity index is 321. The van der Waals surface area contributed by atoms with Crippen LogP contribution in [0.4, 0.5) is 0 Å². The molecule has 2 rings (SSSR count). The quantitative estimate of drug-likeness (QED) is 0.767. The van der Waals surface area contributed by atoms with Crippen molar-refractivity contribution in [3.05, 3.63) is 11.6 Å². The zero-order valence-electron chi connectivity index (χ0n) is 9.17. The van der Waals surface area contributed by atoms with E-state index in [4.69, 9.17) is 0 Å². The molecule has 0 saturated carbocycles. The Morgan fingerprint density at radius 1 is 1.36 bits per heavy atom. The molecule has 0 radical (unpaired) electrons. The molecule has 1 aromatic heterocycles. The van der Waals surface area contributed by atoms with E-state index < -0.39 is 0 Å². The summed E-state index contributed by atoms with van der Waals surface area (Å²) in [4.78, 5) is 0. The molecular formula is C10H18N4. The molecule has 0 saturated heterocycles. The Hall–Kier alpha value is -0.900. The van der Waals surface area contributed by atoms with Gasteiger partial charge < -0.3 is 9.88 Å². The fourth-order valence-electron chi connectivity index (χ4n) is 1.69. The van der Waals surface area contributed by atoms with Gasteiger partial charge in [0.25, 0.3) is 0 Å². The van der Waals surface area contributed by atoms with Gasteiger partial charge in [0.1, 0.15) is 11.6 Å². The van der Waals surface area contributed by atoms with Crippen molar-refractivity contribution in [1.29, 1.82) is 0 Å². The van der Waals surface area contributed by atoms with Gasteiger partial charge in [0, 0.05) is 18.5 Å². The molecule has 1 aliphatic heterocycles. The lowest BCUT2D eigenvalue weighted by Gasteiger charge is -2.20. The lowest BCUT2D eigenvalue weighted by Crippen LogP contribution is -2.35. The van der Waals surface area contributed by atoms with Crippen LogP contribution < -0.4 is 5.32 Å². The summed E-state index contributed by atoms with van der Waals surface area (Å²) in [6.45, 7) is 8.39. The first-order valence-electron chi connectivity index (χ1n) is 5.22. The van der Waals surface area contributed by atoms with Crippen molar-refractivity contribution in [3.8, 4) is 0 Å². The Kier molecular flexibility index (Phi) is 2.31. The fraction of sp³-hybridized carbons (Fsp3) is 0.800. The zero-order valence-corrected chi connectivity index (χ0v) is 9.17. The molecule has 1 aromatic rings. The molecule has 0 fully saturated rings. The smallest absolute Gasteiger partial charge is 0.147 e. The molecule has 1 aliphatic rings. The number of aromatic nitrogens is 3. The standard InChI is InChI=1S/C10H18N4/c1-10(2,3)11-7-9-13-12-8-5-4-6-14(8)9/h11H,4-7H2,1-3H3. The summed E-state index contributed by atoms with van der Waals surface area (Å²) < 4.78 is 2.23. The number of fused-ring (bicyclic) bond motifs is 1. The van der Waals surface area contributed by atoms with Crippen LogP contribution in [0.5, 0.6) is 0 Å². The Morgan fingerprint density at radius 3 is 2.86 bits per heavy atom. The van der Waals surface area contributed by atoms with Gasteiger partial charge >= 0.3 is 0 Å². The highest BCUT2D eigenvalue weighted by molar-refractivity contribution is 5.00. The first-order valence-corrected chi connectivity index (χ1v) is 5.22. The van der Waals surface area contributed by atoms with Crippen molar-refractivity contribution in [3.63, 3.8) is 0 Å². The second-order valence-electron chi connectivity index (χ2n) is 4.89. The van der Waals surface area contributed by atoms with E-state index in [0.29, 0.717) is 0 Å². The van der Waals surface area contributed by atoms with E-state index in [9.17, 15) is 0 Å². The van der Waals surface area contributed by atoms with Crippen LogP contribution >= 0.6 is 0 Å². The first kappa shape index (κ1) is 9.65. The molecule has 0 aliphatic carbocycles. The van der Waals surface area contributed by atoms with Gasteiger partial charge in [-0.15, -0.1) is 10.2 Å². The van der Waals surface area contributed by atoms with Gasteiger partial charge in [-0.3, -0.25) is 0 Å². The highest BCUT2D eigenvalue weighted by Crippen LogP contribution is 2.14. The maximum atomic E-state index is 4.19. The van der Waals surface area contributed by atoms with Crippen molar-refractivity contribution in [1.82, 2.24) is 20.1 Å². The van der Waals surface area contributed by atoms with Gasteiger partial charge in [0.2, 0.25) is 0 Å². The zero-order chi connectivity index (χ0) is 10.2. The molecule has 4 heteroatoms. The normalized spacial score (nSPS) is 15.9. The molecule has 4 nitrogen and oxygen atoms in total. The topological polar surface area (TPSA) is 42.7 Å². The van der Waals surface area contributed by atoms with Crippen molar-refractivity contribution in [2.75, 3.05) is 0 Å². The lowest BCUT2D eigenvalue weighted by atomic mass is 10.1. The van der Waals surface area contributed by atoms with Gasteiger partial charge in [0.15, 0.2) is 0 Å². The molecule has 78 valence electrons. The third kappa shape index (κ3) is 1.95. The van der Waals surface area contributed by atoms with E-state index in [2.05, 4.69) is 40.9 Å². The number of aryl methyl sites for hydroxylation is 1. The SMILES string of the molecule is CC(C)(C)NCc1nnc2n1CCC2. The molecule has 2 heterocycles. The first-order chi connectivity index (χ1) is 6.56. The van der Waals surface area contributed by atoms with Crippen LogP contribution in [0.3, 0.4) is 0 Å². The van der Waals surface area contributed by atoms with Gasteiger partial charge in [-0.1, -0.05) is 0 Å². The van der Waals surface area contributed by atoms with Crippen LogP contribution in [0.15, 0.2) is 0 Å². The van der Waals surface area contributed by atoms with Crippen LogP contribution in [0.1, 0.15) is 38.8 Å². The number of rotatable bonds is 2. The largest absolute Gasteiger partial charge is 0.314 e. The van der Waals surface area contributed by atoms with E-state index >= 15 is 0 Å². The second kappa shape index (κ2) is 3.35. The second-order valence-corrected chi connectivity index (χ2v) is 4.89. The number of nitrogens with zero attached hydrogens (tertiary/aromatic N) is 3. The summed E-state index contributed by atoms with van der Waals surface area (Å²) in [5, 5.41) is 11.8. The van der Waals surface area contributed by atoms with Gasteiger partial charge in [-0.05, 0) is 27.2 Å². The minimum absolute atomic E-state index is 0.144. The van der Waals surface area contributed by atoms with Crippen LogP contribution in [0.25, 0.3) is 0 Å². The summed E-state index contributed by atoms with van der Waals surface area (Å²) in [6.07, 6.45) is 2.30. The summed E-state index contributed by atoms with van der Waals surface area (Å²) in [5.41, 5.74) is 0.144. The van der Waals surface area contributed by atoms with Crippen LogP contribution in [-0.4, -0.2) is 20.3 Å². The van der Waals surface area contributed by atoms with Gasteiger partial charge in [-0.25, -0.2) is 0 Å². The number of hydrogen-bond acceptors (Lipinski definition) is 3. The fourth-order valence-corrected chi connectivity index (χ4v) is 1.69. The minimum Gasteiger partial charge on any atom is -0.314 e. The Balaban J connectivity index is 2.04. The predicted molar refractivity (Wildman–Crippen MR) is 54.9 cm³/mol. The summed E-state index contributed by atoms with van der Waals surface area (Å²) in [5.74, 6) is 2.23. The van der Waals surface area contributed by atoms with E-state index in [1.807, 2.05) is 0 Å². The molecule has 0 spiro atoms. The van der Waals surface area contributed by atoms with Crippen LogP contribution in [-0.2, 0) is 19.5 Å². The maximum Gasteiger partial charge on any atom is 0.147 e. The van der Waals surface area contributed by atoms with E-state index in [1.54, 1.807) is 0 Å². The molecule has 1 N–H and O–H groups in total. The summed E-state index contributed by atoms with van der Waals surface area (Å²) in [6, 6.07) is 0. The summed E-state index contributed by atoms with van der Waals surface area (Å²) >= 11 is 0. The van der Waals surface area contributed by atoms with Crippen molar-refractivity contribution in [2.24, 2.45) is 0 Å². The molecule has 14 heavy (non-hydrogen) atoms. The van der Waals surface area contributed by atoms with Crippen molar-refractivity contribution < 1.29 is 0 Å². The molecule has 0 bridgehead atoms. The summed E-state index contributed by atoms with van der Waals surface area (Å²) in [7, 11) is 0. The molecule has 0 amide bonds. The van der Waals surface area contributed by atoms with Crippen molar-refractivity contribution >= 4 is 0 Å². The van der Waals surface area contributed by atoms with Gasteiger partial charge in [0.05, 0.1) is 6.54 Å². The molecule has 0 aromatic carbocycles. The predicted octanol–water partition coefficient (Wildman–Crippen LogP) is 1.11. The average molecular weight is 194 g/mol. The average Bonchev–Trinajstić information content (AvgIpc) is 2.59. The maximum absolute atomic E-state index is 4.19. The van der Waals surface area contributed by atoms with Crippen molar-refractivity contribution in [2.45, 2.75) is 52.2 Å². The highest BCUT2D eigenvalue weighted by atomic mass is 15.3. The monoisotopic (exact) mass is 194 g/mol. The number of nitrogens with one attached hydrogen (secondary N) is 1. The highest BCUT2D eigenvalue weighted by Gasteiger charge is 2.18. The van der Waals surface area contributed by atoms with E-state index in [-0.39, 0.29) is 5.54 Å².